The molecule has 130 valence electrons. The fourth-order valence-corrected chi connectivity index (χ4v) is 2.68. The summed E-state index contributed by atoms with van der Waals surface area (Å²) in [5.41, 5.74) is -1.18. The fourth-order valence-electron chi connectivity index (χ4n) is 2.68. The maximum atomic E-state index is 12.5. The number of amides is 1. The van der Waals surface area contributed by atoms with E-state index in [1.807, 2.05) is 0 Å². The van der Waals surface area contributed by atoms with Gasteiger partial charge in [0.1, 0.15) is 0 Å². The van der Waals surface area contributed by atoms with Crippen LogP contribution in [0, 0.1) is 10.1 Å². The van der Waals surface area contributed by atoms with Crippen LogP contribution in [0.1, 0.15) is 29.6 Å². The molecule has 1 aromatic carbocycles. The van der Waals surface area contributed by atoms with E-state index in [4.69, 9.17) is 14.6 Å². The molecule has 0 spiro atoms. The summed E-state index contributed by atoms with van der Waals surface area (Å²) in [5.74, 6) is -1.55. The molecule has 1 aliphatic rings. The Hall–Kier alpha value is -2.68. The largest absolute Gasteiger partial charge is 0.490 e. The summed E-state index contributed by atoms with van der Waals surface area (Å²) in [5, 5.41) is 22.9. The third-order valence-corrected chi connectivity index (χ3v) is 3.96. The topological polar surface area (TPSA) is 128 Å². The predicted octanol–water partition coefficient (Wildman–Crippen LogP) is 1.36. The number of methoxy groups -OCH3 is 1. The summed E-state index contributed by atoms with van der Waals surface area (Å²) >= 11 is 0. The van der Waals surface area contributed by atoms with Gasteiger partial charge in [0, 0.05) is 24.8 Å². The third-order valence-electron chi connectivity index (χ3n) is 3.96. The van der Waals surface area contributed by atoms with Gasteiger partial charge in [-0.1, -0.05) is 0 Å². The number of carboxylic acid groups (broad SMARTS) is 1. The molecule has 1 aromatic rings. The second-order valence-electron chi connectivity index (χ2n) is 5.56. The first kappa shape index (κ1) is 17.7. The molecule has 1 heterocycles. The number of hydrogen-bond acceptors (Lipinski definition) is 6. The number of rotatable bonds is 6. The highest BCUT2D eigenvalue weighted by atomic mass is 16.6. The summed E-state index contributed by atoms with van der Waals surface area (Å²) in [6.45, 7) is 0.687. The molecule has 0 radical (unpaired) electrons. The standard InChI is InChI=1S/C15H18N2O7/c1-23-12-3-2-10(8-11(12)17(21)22)14(20)16-15(9-13(18)19)4-6-24-7-5-15/h2-3,8H,4-7,9H2,1H3,(H,16,20)(H,18,19). The van der Waals surface area contributed by atoms with Gasteiger partial charge < -0.3 is 19.9 Å². The van der Waals surface area contributed by atoms with Crippen LogP contribution in [-0.2, 0) is 9.53 Å². The Morgan fingerprint density at radius 2 is 2.08 bits per heavy atom. The van der Waals surface area contributed by atoms with E-state index in [9.17, 15) is 19.7 Å². The minimum atomic E-state index is -1.03. The Labute approximate surface area is 137 Å². The maximum absolute atomic E-state index is 12.5. The number of nitro benzene ring substituents is 1. The van der Waals surface area contributed by atoms with Gasteiger partial charge in [-0.2, -0.15) is 0 Å². The second-order valence-corrected chi connectivity index (χ2v) is 5.56. The van der Waals surface area contributed by atoms with Crippen LogP contribution in [0.25, 0.3) is 0 Å². The lowest BCUT2D eigenvalue weighted by molar-refractivity contribution is -0.385. The van der Waals surface area contributed by atoms with Gasteiger partial charge in [-0.25, -0.2) is 0 Å². The van der Waals surface area contributed by atoms with Gasteiger partial charge in [0.05, 0.1) is 24.0 Å². The molecule has 24 heavy (non-hydrogen) atoms. The van der Waals surface area contributed by atoms with Crippen molar-refractivity contribution >= 4 is 17.6 Å². The summed E-state index contributed by atoms with van der Waals surface area (Å²) < 4.78 is 10.1. The van der Waals surface area contributed by atoms with Crippen LogP contribution in [0.4, 0.5) is 5.69 Å². The van der Waals surface area contributed by atoms with E-state index in [-0.39, 0.29) is 23.4 Å². The highest BCUT2D eigenvalue weighted by Crippen LogP contribution is 2.29. The van der Waals surface area contributed by atoms with Gasteiger partial charge in [-0.15, -0.1) is 0 Å². The molecule has 9 heteroatoms. The number of ether oxygens (including phenoxy) is 2. The van der Waals surface area contributed by atoms with E-state index in [2.05, 4.69) is 5.32 Å². The molecular formula is C15H18N2O7. The van der Waals surface area contributed by atoms with E-state index in [1.54, 1.807) is 0 Å². The van der Waals surface area contributed by atoms with Crippen molar-refractivity contribution in [1.29, 1.82) is 0 Å². The van der Waals surface area contributed by atoms with Crippen molar-refractivity contribution in [2.45, 2.75) is 24.8 Å². The molecule has 1 amide bonds. The average Bonchev–Trinajstić information content (AvgIpc) is 2.54. The van der Waals surface area contributed by atoms with Crippen LogP contribution in [0.3, 0.4) is 0 Å². The van der Waals surface area contributed by atoms with E-state index in [0.29, 0.717) is 26.1 Å². The fraction of sp³-hybridized carbons (Fsp3) is 0.467. The van der Waals surface area contributed by atoms with Crippen LogP contribution >= 0.6 is 0 Å². The molecule has 0 unspecified atom stereocenters. The molecule has 9 nitrogen and oxygen atoms in total. The Bertz CT molecular complexity index is 653. The number of aliphatic carboxylic acids is 1. The quantitative estimate of drug-likeness (QED) is 0.592. The van der Waals surface area contributed by atoms with E-state index in [1.165, 1.54) is 19.2 Å². The van der Waals surface area contributed by atoms with Gasteiger partial charge in [0.25, 0.3) is 5.91 Å². The lowest BCUT2D eigenvalue weighted by Gasteiger charge is -2.36. The van der Waals surface area contributed by atoms with Crippen molar-refractivity contribution in [3.8, 4) is 5.75 Å². The molecular weight excluding hydrogens is 320 g/mol. The Morgan fingerprint density at radius 3 is 2.62 bits per heavy atom. The second kappa shape index (κ2) is 7.26. The Balaban J connectivity index is 2.25. The number of hydrogen-bond donors (Lipinski definition) is 2. The van der Waals surface area contributed by atoms with E-state index < -0.39 is 22.3 Å². The summed E-state index contributed by atoms with van der Waals surface area (Å²) in [4.78, 5) is 34.0. The van der Waals surface area contributed by atoms with Crippen LogP contribution in [0.15, 0.2) is 18.2 Å². The van der Waals surface area contributed by atoms with Crippen LogP contribution in [0.2, 0.25) is 0 Å². The van der Waals surface area contributed by atoms with Crippen molar-refractivity contribution in [2.24, 2.45) is 0 Å². The molecule has 1 fully saturated rings. The Kier molecular flexibility index (Phi) is 5.35. The van der Waals surface area contributed by atoms with Crippen molar-refractivity contribution in [3.63, 3.8) is 0 Å². The molecule has 0 aliphatic carbocycles. The molecule has 1 aliphatic heterocycles. The summed E-state index contributed by atoms with van der Waals surface area (Å²) in [6, 6.07) is 3.85. The zero-order valence-corrected chi connectivity index (χ0v) is 13.1. The van der Waals surface area contributed by atoms with Crippen LogP contribution in [-0.4, -0.2) is 47.8 Å². The van der Waals surface area contributed by atoms with Crippen molar-refractivity contribution in [3.05, 3.63) is 33.9 Å². The van der Waals surface area contributed by atoms with Gasteiger partial charge in [0.15, 0.2) is 5.75 Å². The zero-order valence-electron chi connectivity index (χ0n) is 13.1. The van der Waals surface area contributed by atoms with Gasteiger partial charge >= 0.3 is 11.7 Å². The Morgan fingerprint density at radius 1 is 1.42 bits per heavy atom. The van der Waals surface area contributed by atoms with Crippen molar-refractivity contribution in [1.82, 2.24) is 5.32 Å². The molecule has 2 N–H and O–H groups in total. The molecule has 0 aromatic heterocycles. The smallest absolute Gasteiger partial charge is 0.311 e. The minimum Gasteiger partial charge on any atom is -0.490 e. The molecule has 2 rings (SSSR count). The molecule has 0 bridgehead atoms. The summed E-state index contributed by atoms with van der Waals surface area (Å²) in [7, 11) is 1.30. The highest BCUT2D eigenvalue weighted by molar-refractivity contribution is 5.96. The van der Waals surface area contributed by atoms with Gasteiger partial charge in [-0.05, 0) is 25.0 Å². The number of nitrogens with one attached hydrogen (secondary N) is 1. The zero-order chi connectivity index (χ0) is 17.7. The predicted molar refractivity (Wildman–Crippen MR) is 82.2 cm³/mol. The highest BCUT2D eigenvalue weighted by Gasteiger charge is 2.37. The van der Waals surface area contributed by atoms with Gasteiger partial charge in [-0.3, -0.25) is 19.7 Å². The first-order valence-corrected chi connectivity index (χ1v) is 7.31. The lowest BCUT2D eigenvalue weighted by Crippen LogP contribution is -2.53. The SMILES string of the molecule is COc1ccc(C(=O)NC2(CC(=O)O)CCOCC2)cc1[N+](=O)[O-]. The molecule has 0 atom stereocenters. The molecule has 0 saturated carbocycles. The average molecular weight is 338 g/mol. The third kappa shape index (κ3) is 3.99. The number of nitro groups is 1. The minimum absolute atomic E-state index is 0.0443. The first-order valence-electron chi connectivity index (χ1n) is 7.31. The maximum Gasteiger partial charge on any atom is 0.311 e. The lowest BCUT2D eigenvalue weighted by atomic mass is 9.86. The first-order chi connectivity index (χ1) is 11.4. The van der Waals surface area contributed by atoms with Crippen LogP contribution < -0.4 is 10.1 Å². The van der Waals surface area contributed by atoms with E-state index >= 15 is 0 Å². The summed E-state index contributed by atoms with van der Waals surface area (Å²) in [6.07, 6.45) is 0.493. The number of benzene rings is 1. The number of carbonyl (C=O) groups excluding carboxylic acids is 1. The van der Waals surface area contributed by atoms with Gasteiger partial charge in [0.2, 0.25) is 0 Å². The van der Waals surface area contributed by atoms with Crippen LogP contribution in [0.5, 0.6) is 5.75 Å². The molecule has 1 saturated heterocycles. The van der Waals surface area contributed by atoms with Crippen molar-refractivity contribution < 1.29 is 29.1 Å². The normalized spacial score (nSPS) is 16.2. The number of nitrogens with zero attached hydrogens (tertiary/aromatic N) is 1. The number of carboxylic acids is 1. The number of carbonyl (C=O) groups is 2. The monoisotopic (exact) mass is 338 g/mol. The van der Waals surface area contributed by atoms with E-state index in [0.717, 1.165) is 6.07 Å². The van der Waals surface area contributed by atoms with Crippen molar-refractivity contribution in [2.75, 3.05) is 20.3 Å².